The molecule has 0 amide bonds. The van der Waals surface area contributed by atoms with Gasteiger partial charge in [0.1, 0.15) is 5.54 Å². The fourth-order valence-electron chi connectivity index (χ4n) is 2.20. The molecule has 0 heterocycles. The zero-order valence-corrected chi connectivity index (χ0v) is 12.2. The third-order valence-corrected chi connectivity index (χ3v) is 3.59. The van der Waals surface area contributed by atoms with Crippen molar-refractivity contribution in [1.29, 1.82) is 5.26 Å². The van der Waals surface area contributed by atoms with Crippen molar-refractivity contribution in [1.82, 2.24) is 5.32 Å². The summed E-state index contributed by atoms with van der Waals surface area (Å²) in [5.41, 5.74) is -0.509. The summed E-state index contributed by atoms with van der Waals surface area (Å²) in [6, 6.07) is 6.68. The highest BCUT2D eigenvalue weighted by atomic mass is 19.2. The van der Waals surface area contributed by atoms with Crippen LogP contribution in [0.3, 0.4) is 0 Å². The molecule has 0 aliphatic heterocycles. The Labute approximate surface area is 123 Å². The Balaban J connectivity index is 1.69. The molecule has 1 fully saturated rings. The summed E-state index contributed by atoms with van der Waals surface area (Å²) in [6.45, 7) is 2.21. The lowest BCUT2D eigenvalue weighted by atomic mass is 9.96. The van der Waals surface area contributed by atoms with Gasteiger partial charge in [0.15, 0.2) is 11.6 Å². The first kappa shape index (κ1) is 15.7. The van der Waals surface area contributed by atoms with E-state index in [0.29, 0.717) is 19.1 Å². The maximum absolute atomic E-state index is 13.4. The van der Waals surface area contributed by atoms with Crippen LogP contribution in [0.15, 0.2) is 18.2 Å². The van der Waals surface area contributed by atoms with Gasteiger partial charge in [-0.25, -0.2) is 4.39 Å². The maximum atomic E-state index is 13.4. The van der Waals surface area contributed by atoms with E-state index < -0.39 is 17.2 Å². The number of nitriles is 1. The van der Waals surface area contributed by atoms with Crippen LogP contribution in [0.1, 0.15) is 39.0 Å². The van der Waals surface area contributed by atoms with E-state index in [1.807, 2.05) is 6.92 Å². The van der Waals surface area contributed by atoms with Crippen LogP contribution in [0.2, 0.25) is 0 Å². The van der Waals surface area contributed by atoms with Crippen LogP contribution >= 0.6 is 0 Å². The lowest BCUT2D eigenvalue weighted by Gasteiger charge is -2.23. The van der Waals surface area contributed by atoms with E-state index in [4.69, 9.17) is 4.74 Å². The summed E-state index contributed by atoms with van der Waals surface area (Å²) in [7, 11) is 0. The number of benzene rings is 1. The lowest BCUT2D eigenvalue weighted by Crippen LogP contribution is -2.42. The van der Waals surface area contributed by atoms with Gasteiger partial charge in [-0.2, -0.15) is 9.65 Å². The third kappa shape index (κ3) is 4.68. The largest absolute Gasteiger partial charge is 0.490 e. The summed E-state index contributed by atoms with van der Waals surface area (Å²) < 4.78 is 31.6. The predicted octanol–water partition coefficient (Wildman–Crippen LogP) is 3.55. The molecule has 1 aliphatic carbocycles. The first-order chi connectivity index (χ1) is 10.0. The highest BCUT2D eigenvalue weighted by molar-refractivity contribution is 5.24. The van der Waals surface area contributed by atoms with Crippen LogP contribution in [0.25, 0.3) is 0 Å². The molecular formula is C16H20F2N2O. The van der Waals surface area contributed by atoms with E-state index in [1.54, 1.807) is 0 Å². The average molecular weight is 294 g/mol. The van der Waals surface area contributed by atoms with Gasteiger partial charge in [-0.1, -0.05) is 6.07 Å². The van der Waals surface area contributed by atoms with Crippen LogP contribution < -0.4 is 10.1 Å². The Bertz CT molecular complexity index is 525. The number of hydrogen-bond acceptors (Lipinski definition) is 3. The molecule has 1 aromatic rings. The van der Waals surface area contributed by atoms with Crippen molar-refractivity contribution in [2.24, 2.45) is 0 Å². The molecule has 114 valence electrons. The molecule has 0 aromatic heterocycles. The quantitative estimate of drug-likeness (QED) is 0.746. The molecule has 1 unspecified atom stereocenters. The molecular weight excluding hydrogens is 274 g/mol. The highest BCUT2D eigenvalue weighted by Gasteiger charge is 2.31. The highest BCUT2D eigenvalue weighted by Crippen LogP contribution is 2.25. The molecule has 3 nitrogen and oxygen atoms in total. The van der Waals surface area contributed by atoms with E-state index in [-0.39, 0.29) is 5.75 Å². The molecule has 21 heavy (non-hydrogen) atoms. The second kappa shape index (κ2) is 6.86. The monoisotopic (exact) mass is 294 g/mol. The topological polar surface area (TPSA) is 45.0 Å². The zero-order valence-electron chi connectivity index (χ0n) is 12.2. The van der Waals surface area contributed by atoms with Gasteiger partial charge in [-0.3, -0.25) is 5.32 Å². The molecule has 0 bridgehead atoms. The Hall–Kier alpha value is -1.67. The van der Waals surface area contributed by atoms with Crippen molar-refractivity contribution in [2.75, 3.05) is 6.61 Å². The summed E-state index contributed by atoms with van der Waals surface area (Å²) in [5, 5.41) is 12.6. The normalized spacial score (nSPS) is 17.0. The van der Waals surface area contributed by atoms with Crippen LogP contribution in [0.5, 0.6) is 5.75 Å². The van der Waals surface area contributed by atoms with Gasteiger partial charge in [0.25, 0.3) is 0 Å². The minimum absolute atomic E-state index is 0.0610. The van der Waals surface area contributed by atoms with Crippen molar-refractivity contribution in [2.45, 2.75) is 50.6 Å². The number of nitrogens with one attached hydrogen (secondary N) is 1. The summed E-state index contributed by atoms with van der Waals surface area (Å²) >= 11 is 0. The lowest BCUT2D eigenvalue weighted by molar-refractivity contribution is 0.278. The molecule has 1 aliphatic rings. The first-order valence-corrected chi connectivity index (χ1v) is 7.30. The molecule has 0 spiro atoms. The van der Waals surface area contributed by atoms with Crippen molar-refractivity contribution in [3.05, 3.63) is 29.8 Å². The van der Waals surface area contributed by atoms with Crippen molar-refractivity contribution in [3.63, 3.8) is 0 Å². The third-order valence-electron chi connectivity index (χ3n) is 3.59. The molecule has 5 heteroatoms. The summed E-state index contributed by atoms with van der Waals surface area (Å²) in [5.74, 6) is -1.91. The molecule has 0 saturated heterocycles. The molecule has 1 saturated carbocycles. The van der Waals surface area contributed by atoms with Crippen LogP contribution in [-0.4, -0.2) is 18.2 Å². The van der Waals surface area contributed by atoms with Gasteiger partial charge in [-0.15, -0.1) is 0 Å². The van der Waals surface area contributed by atoms with Crippen molar-refractivity contribution >= 4 is 0 Å². The van der Waals surface area contributed by atoms with E-state index >= 15 is 0 Å². The average Bonchev–Trinajstić information content (AvgIpc) is 3.27. The summed E-state index contributed by atoms with van der Waals surface area (Å²) in [4.78, 5) is 0. The molecule has 1 N–H and O–H groups in total. The maximum Gasteiger partial charge on any atom is 0.200 e. The minimum atomic E-state index is -0.949. The fraction of sp³-hybridized carbons (Fsp3) is 0.562. The van der Waals surface area contributed by atoms with Gasteiger partial charge in [-0.05, 0) is 51.2 Å². The Morgan fingerprint density at radius 3 is 2.81 bits per heavy atom. The SMILES string of the molecule is CC(C#N)(CCCCOc1cccc(F)c1F)NC1CC1. The van der Waals surface area contributed by atoms with Gasteiger partial charge < -0.3 is 4.74 Å². The van der Waals surface area contributed by atoms with Gasteiger partial charge in [0.2, 0.25) is 5.82 Å². The van der Waals surface area contributed by atoms with Crippen LogP contribution in [-0.2, 0) is 0 Å². The Morgan fingerprint density at radius 1 is 1.38 bits per heavy atom. The van der Waals surface area contributed by atoms with Crippen molar-refractivity contribution < 1.29 is 13.5 Å². The molecule has 1 atom stereocenters. The second-order valence-electron chi connectivity index (χ2n) is 5.72. The van der Waals surface area contributed by atoms with Crippen LogP contribution in [0, 0.1) is 23.0 Å². The summed E-state index contributed by atoms with van der Waals surface area (Å²) in [6.07, 6.45) is 4.48. The zero-order chi connectivity index (χ0) is 15.3. The number of halogens is 2. The number of nitrogens with zero attached hydrogens (tertiary/aromatic N) is 1. The van der Waals surface area contributed by atoms with E-state index in [2.05, 4.69) is 11.4 Å². The first-order valence-electron chi connectivity index (χ1n) is 7.30. The number of unbranched alkanes of at least 4 members (excludes halogenated alkanes) is 1. The predicted molar refractivity (Wildman–Crippen MR) is 75.9 cm³/mol. The number of ether oxygens (including phenoxy) is 1. The van der Waals surface area contributed by atoms with E-state index in [0.717, 1.165) is 31.7 Å². The molecule has 2 rings (SSSR count). The Kier molecular flexibility index (Phi) is 5.13. The van der Waals surface area contributed by atoms with Gasteiger partial charge in [0.05, 0.1) is 12.7 Å². The fourth-order valence-corrected chi connectivity index (χ4v) is 2.20. The second-order valence-corrected chi connectivity index (χ2v) is 5.72. The van der Waals surface area contributed by atoms with E-state index in [9.17, 15) is 14.0 Å². The molecule has 1 aromatic carbocycles. The standard InChI is InChI=1S/C16H20F2N2O/c1-16(11-19,20-12-7-8-12)9-2-3-10-21-14-6-4-5-13(17)15(14)18/h4-6,12,20H,2-3,7-10H2,1H3. The van der Waals surface area contributed by atoms with Crippen LogP contribution in [0.4, 0.5) is 8.78 Å². The number of rotatable bonds is 8. The Morgan fingerprint density at radius 2 is 2.14 bits per heavy atom. The minimum Gasteiger partial charge on any atom is -0.490 e. The van der Waals surface area contributed by atoms with E-state index in [1.165, 1.54) is 12.1 Å². The smallest absolute Gasteiger partial charge is 0.200 e. The van der Waals surface area contributed by atoms with Gasteiger partial charge >= 0.3 is 0 Å². The molecule has 0 radical (unpaired) electrons. The van der Waals surface area contributed by atoms with Crippen molar-refractivity contribution in [3.8, 4) is 11.8 Å². The number of hydrogen-bond donors (Lipinski definition) is 1. The van der Waals surface area contributed by atoms with Gasteiger partial charge in [0, 0.05) is 6.04 Å².